The molecule has 19 heavy (non-hydrogen) atoms. The van der Waals surface area contributed by atoms with Crippen LogP contribution < -0.4 is 10.2 Å². The molecule has 0 unspecified atom stereocenters. The lowest BCUT2D eigenvalue weighted by Crippen LogP contribution is -2.30. The number of piperidine rings is 1. The average Bonchev–Trinajstić information content (AvgIpc) is 2.44. The zero-order valence-electron chi connectivity index (χ0n) is 12.0. The van der Waals surface area contributed by atoms with Crippen molar-refractivity contribution in [2.45, 2.75) is 32.6 Å². The van der Waals surface area contributed by atoms with Crippen LogP contribution in [0.25, 0.3) is 0 Å². The number of aryl methyl sites for hydroxylation is 1. The minimum atomic E-state index is 0.733. The van der Waals surface area contributed by atoms with Gasteiger partial charge in [0.1, 0.15) is 5.82 Å². The fourth-order valence-corrected chi connectivity index (χ4v) is 2.33. The molecule has 1 aliphatic heterocycles. The molecule has 1 N–H and O–H groups in total. The molecule has 106 valence electrons. The molecule has 1 aliphatic rings. The van der Waals surface area contributed by atoms with Gasteiger partial charge in [0.15, 0.2) is 0 Å². The van der Waals surface area contributed by atoms with Crippen LogP contribution in [0.3, 0.4) is 0 Å². The van der Waals surface area contributed by atoms with E-state index in [0.29, 0.717) is 0 Å². The van der Waals surface area contributed by atoms with E-state index < -0.39 is 0 Å². The number of nitrogens with one attached hydrogen (secondary N) is 1. The van der Waals surface area contributed by atoms with Crippen LogP contribution in [0.2, 0.25) is 0 Å². The van der Waals surface area contributed by atoms with E-state index in [1.54, 1.807) is 7.11 Å². The van der Waals surface area contributed by atoms with Crippen LogP contribution in [-0.4, -0.2) is 43.3 Å². The third-order valence-corrected chi connectivity index (χ3v) is 3.33. The van der Waals surface area contributed by atoms with Gasteiger partial charge in [-0.1, -0.05) is 0 Å². The third-order valence-electron chi connectivity index (χ3n) is 3.33. The minimum Gasteiger partial charge on any atom is -0.385 e. The van der Waals surface area contributed by atoms with Crippen LogP contribution in [0.4, 0.5) is 11.8 Å². The van der Waals surface area contributed by atoms with E-state index >= 15 is 0 Å². The molecule has 0 radical (unpaired) electrons. The Bertz CT molecular complexity index is 391. The Morgan fingerprint density at radius 2 is 2.05 bits per heavy atom. The fraction of sp³-hybridized carbons (Fsp3) is 0.714. The summed E-state index contributed by atoms with van der Waals surface area (Å²) in [6.07, 6.45) is 4.83. The molecule has 1 aromatic heterocycles. The second-order valence-corrected chi connectivity index (χ2v) is 5.01. The van der Waals surface area contributed by atoms with Crippen LogP contribution in [-0.2, 0) is 4.74 Å². The Balaban J connectivity index is 1.97. The molecule has 2 rings (SSSR count). The summed E-state index contributed by atoms with van der Waals surface area (Å²) in [7, 11) is 1.72. The Morgan fingerprint density at radius 3 is 2.79 bits per heavy atom. The maximum atomic E-state index is 5.03. The normalized spacial score (nSPS) is 15.6. The summed E-state index contributed by atoms with van der Waals surface area (Å²) >= 11 is 0. The average molecular weight is 264 g/mol. The molecule has 0 saturated carbocycles. The number of anilines is 2. The summed E-state index contributed by atoms with van der Waals surface area (Å²) in [5.41, 5.74) is 1.02. The molecular formula is C14H24N4O. The molecule has 0 atom stereocenters. The summed E-state index contributed by atoms with van der Waals surface area (Å²) < 4.78 is 5.03. The first-order valence-electron chi connectivity index (χ1n) is 7.13. The maximum absolute atomic E-state index is 5.03. The summed E-state index contributed by atoms with van der Waals surface area (Å²) in [6.45, 7) is 5.85. The number of nitrogens with zero attached hydrogens (tertiary/aromatic N) is 3. The van der Waals surface area contributed by atoms with Gasteiger partial charge >= 0.3 is 0 Å². The van der Waals surface area contributed by atoms with Gasteiger partial charge in [0, 0.05) is 45.1 Å². The van der Waals surface area contributed by atoms with E-state index in [1.807, 2.05) is 6.92 Å². The molecule has 1 aromatic rings. The van der Waals surface area contributed by atoms with Crippen molar-refractivity contribution in [3.63, 3.8) is 0 Å². The van der Waals surface area contributed by atoms with E-state index in [1.165, 1.54) is 19.3 Å². The first-order chi connectivity index (χ1) is 9.29. The van der Waals surface area contributed by atoms with E-state index in [9.17, 15) is 0 Å². The maximum Gasteiger partial charge on any atom is 0.224 e. The van der Waals surface area contributed by atoms with E-state index in [-0.39, 0.29) is 0 Å². The number of hydrogen-bond acceptors (Lipinski definition) is 5. The van der Waals surface area contributed by atoms with E-state index in [0.717, 1.165) is 50.1 Å². The van der Waals surface area contributed by atoms with Crippen LogP contribution in [0.15, 0.2) is 6.07 Å². The van der Waals surface area contributed by atoms with Gasteiger partial charge in [0.2, 0.25) is 5.95 Å². The van der Waals surface area contributed by atoms with Crippen LogP contribution in [0, 0.1) is 6.92 Å². The molecule has 1 saturated heterocycles. The van der Waals surface area contributed by atoms with Gasteiger partial charge in [-0.15, -0.1) is 0 Å². The zero-order valence-corrected chi connectivity index (χ0v) is 12.0. The molecule has 0 spiro atoms. The van der Waals surface area contributed by atoms with Gasteiger partial charge in [-0.3, -0.25) is 0 Å². The summed E-state index contributed by atoms with van der Waals surface area (Å²) in [5, 5.41) is 3.27. The molecule has 0 aromatic carbocycles. The number of hydrogen-bond donors (Lipinski definition) is 1. The van der Waals surface area contributed by atoms with Crippen LogP contribution in [0.1, 0.15) is 31.4 Å². The highest BCUT2D eigenvalue weighted by molar-refractivity contribution is 5.45. The van der Waals surface area contributed by atoms with Gasteiger partial charge in [0.25, 0.3) is 0 Å². The van der Waals surface area contributed by atoms with Crippen molar-refractivity contribution in [3.05, 3.63) is 11.8 Å². The van der Waals surface area contributed by atoms with Crippen LogP contribution in [0.5, 0.6) is 0 Å². The smallest absolute Gasteiger partial charge is 0.224 e. The number of rotatable bonds is 6. The highest BCUT2D eigenvalue weighted by Crippen LogP contribution is 2.19. The molecule has 0 aliphatic carbocycles. The standard InChI is InChI=1S/C14H24N4O/c1-12-11-13(18-8-4-3-5-9-18)17-14(16-12)15-7-6-10-19-2/h11H,3-10H2,1-2H3,(H,15,16,17). The van der Waals surface area contributed by atoms with Crippen molar-refractivity contribution in [1.29, 1.82) is 0 Å². The van der Waals surface area contributed by atoms with Crippen molar-refractivity contribution >= 4 is 11.8 Å². The minimum absolute atomic E-state index is 0.733. The molecule has 0 amide bonds. The van der Waals surface area contributed by atoms with Crippen molar-refractivity contribution in [2.24, 2.45) is 0 Å². The first kappa shape index (κ1) is 14.1. The molecule has 1 fully saturated rings. The lowest BCUT2D eigenvalue weighted by atomic mass is 10.1. The number of aromatic nitrogens is 2. The molecule has 5 nitrogen and oxygen atoms in total. The predicted molar refractivity (Wildman–Crippen MR) is 77.8 cm³/mol. The lowest BCUT2D eigenvalue weighted by molar-refractivity contribution is 0.197. The van der Waals surface area contributed by atoms with Crippen molar-refractivity contribution in [3.8, 4) is 0 Å². The van der Waals surface area contributed by atoms with Crippen molar-refractivity contribution in [2.75, 3.05) is 43.6 Å². The third kappa shape index (κ3) is 4.35. The fourth-order valence-electron chi connectivity index (χ4n) is 2.33. The topological polar surface area (TPSA) is 50.3 Å². The molecule has 0 bridgehead atoms. The van der Waals surface area contributed by atoms with Crippen LogP contribution >= 0.6 is 0 Å². The Labute approximate surface area is 115 Å². The Hall–Kier alpha value is -1.36. The molecular weight excluding hydrogens is 240 g/mol. The summed E-state index contributed by atoms with van der Waals surface area (Å²) in [4.78, 5) is 11.4. The summed E-state index contributed by atoms with van der Waals surface area (Å²) in [5.74, 6) is 1.79. The van der Waals surface area contributed by atoms with Crippen molar-refractivity contribution in [1.82, 2.24) is 9.97 Å². The quantitative estimate of drug-likeness (QED) is 0.798. The predicted octanol–water partition coefficient (Wildman–Crippen LogP) is 2.22. The lowest BCUT2D eigenvalue weighted by Gasteiger charge is -2.28. The summed E-state index contributed by atoms with van der Waals surface area (Å²) in [6, 6.07) is 2.08. The largest absolute Gasteiger partial charge is 0.385 e. The molecule has 5 heteroatoms. The van der Waals surface area contributed by atoms with Gasteiger partial charge in [-0.05, 0) is 32.6 Å². The van der Waals surface area contributed by atoms with E-state index in [4.69, 9.17) is 4.74 Å². The second kappa shape index (κ2) is 7.28. The van der Waals surface area contributed by atoms with Crippen molar-refractivity contribution < 1.29 is 4.74 Å². The zero-order chi connectivity index (χ0) is 13.5. The SMILES string of the molecule is COCCCNc1nc(C)cc(N2CCCCC2)n1. The number of ether oxygens (including phenoxy) is 1. The second-order valence-electron chi connectivity index (χ2n) is 5.01. The number of methoxy groups -OCH3 is 1. The first-order valence-corrected chi connectivity index (χ1v) is 7.13. The highest BCUT2D eigenvalue weighted by Gasteiger charge is 2.13. The Kier molecular flexibility index (Phi) is 5.39. The van der Waals surface area contributed by atoms with Gasteiger partial charge < -0.3 is 15.0 Å². The van der Waals surface area contributed by atoms with Gasteiger partial charge in [0.05, 0.1) is 0 Å². The Morgan fingerprint density at radius 1 is 1.26 bits per heavy atom. The monoisotopic (exact) mass is 264 g/mol. The molecule has 2 heterocycles. The van der Waals surface area contributed by atoms with Gasteiger partial charge in [-0.25, -0.2) is 4.98 Å². The van der Waals surface area contributed by atoms with E-state index in [2.05, 4.69) is 26.3 Å². The highest BCUT2D eigenvalue weighted by atomic mass is 16.5. The van der Waals surface area contributed by atoms with Gasteiger partial charge in [-0.2, -0.15) is 4.98 Å².